The number of aromatic nitrogens is 3. The van der Waals surface area contributed by atoms with E-state index in [1.165, 1.54) is 6.20 Å². The van der Waals surface area contributed by atoms with E-state index < -0.39 is 0 Å². The van der Waals surface area contributed by atoms with Gasteiger partial charge in [0.15, 0.2) is 0 Å². The van der Waals surface area contributed by atoms with E-state index in [1.54, 1.807) is 18.6 Å². The van der Waals surface area contributed by atoms with Crippen molar-refractivity contribution in [3.8, 4) is 0 Å². The van der Waals surface area contributed by atoms with Crippen molar-refractivity contribution in [1.29, 1.82) is 0 Å². The average Bonchev–Trinajstić information content (AvgIpc) is 2.91. The molecule has 2 heterocycles. The van der Waals surface area contributed by atoms with Gasteiger partial charge >= 0.3 is 0 Å². The normalized spacial score (nSPS) is 12.7. The molecule has 3 aromatic rings. The van der Waals surface area contributed by atoms with Crippen molar-refractivity contribution in [2.24, 2.45) is 0 Å². The number of nitrogens with zero attached hydrogens (tertiary/aromatic N) is 3. The summed E-state index contributed by atoms with van der Waals surface area (Å²) in [5.74, 6) is -0.284. The summed E-state index contributed by atoms with van der Waals surface area (Å²) in [5.41, 5.74) is 2.63. The number of pyridine rings is 1. The lowest BCUT2D eigenvalue weighted by Gasteiger charge is -2.19. The number of hydrogen-bond donors (Lipinski definition) is 1. The number of hydrogen-bond acceptors (Lipinski definition) is 3. The predicted molar refractivity (Wildman–Crippen MR) is 80.3 cm³/mol. The Labute approximate surface area is 122 Å². The molecule has 4 nitrogen and oxygen atoms in total. The zero-order valence-corrected chi connectivity index (χ0v) is 11.8. The van der Waals surface area contributed by atoms with Crippen molar-refractivity contribution in [2.75, 3.05) is 6.54 Å². The van der Waals surface area contributed by atoms with Gasteiger partial charge in [-0.3, -0.25) is 4.98 Å². The molecular formula is C16H17FN4. The van der Waals surface area contributed by atoms with Crippen LogP contribution in [0.2, 0.25) is 0 Å². The van der Waals surface area contributed by atoms with Gasteiger partial charge in [0.2, 0.25) is 0 Å². The van der Waals surface area contributed by atoms with E-state index in [0.717, 1.165) is 17.6 Å². The van der Waals surface area contributed by atoms with Crippen LogP contribution in [-0.4, -0.2) is 21.1 Å². The van der Waals surface area contributed by atoms with Crippen LogP contribution in [0.15, 0.2) is 49.1 Å². The molecule has 5 heteroatoms. The fourth-order valence-electron chi connectivity index (χ4n) is 2.54. The smallest absolute Gasteiger partial charge is 0.146 e. The minimum Gasteiger partial charge on any atom is -0.329 e. The van der Waals surface area contributed by atoms with Crippen molar-refractivity contribution < 1.29 is 4.39 Å². The highest BCUT2D eigenvalue weighted by atomic mass is 19.1. The molecule has 1 unspecified atom stereocenters. The highest BCUT2D eigenvalue weighted by molar-refractivity contribution is 5.74. The summed E-state index contributed by atoms with van der Waals surface area (Å²) in [4.78, 5) is 8.19. The van der Waals surface area contributed by atoms with Crippen LogP contribution in [-0.2, 0) is 6.54 Å². The molecule has 0 aliphatic carbocycles. The van der Waals surface area contributed by atoms with Gasteiger partial charge < -0.3 is 9.88 Å². The molecule has 0 radical (unpaired) electrons. The number of rotatable bonds is 5. The van der Waals surface area contributed by atoms with Crippen LogP contribution in [0, 0.1) is 5.82 Å². The second-order valence-corrected chi connectivity index (χ2v) is 4.89. The molecule has 1 atom stereocenters. The Kier molecular flexibility index (Phi) is 3.92. The van der Waals surface area contributed by atoms with Crippen LogP contribution in [0.4, 0.5) is 4.39 Å². The van der Waals surface area contributed by atoms with E-state index in [9.17, 15) is 4.39 Å². The number of para-hydroxylation sites is 2. The predicted octanol–water partition coefficient (Wildman–Crippen LogP) is 2.92. The molecular weight excluding hydrogens is 267 g/mol. The molecule has 0 saturated heterocycles. The Hall–Kier alpha value is -2.27. The van der Waals surface area contributed by atoms with Crippen LogP contribution >= 0.6 is 0 Å². The largest absolute Gasteiger partial charge is 0.329 e. The average molecular weight is 284 g/mol. The summed E-state index contributed by atoms with van der Waals surface area (Å²) in [6, 6.07) is 9.55. The minimum absolute atomic E-state index is 0.115. The summed E-state index contributed by atoms with van der Waals surface area (Å²) in [6.07, 6.45) is 4.68. The van der Waals surface area contributed by atoms with Gasteiger partial charge in [-0.2, -0.15) is 0 Å². The number of nitrogens with one attached hydrogen (secondary N) is 1. The molecule has 108 valence electrons. The van der Waals surface area contributed by atoms with Crippen LogP contribution in [0.25, 0.3) is 11.0 Å². The van der Waals surface area contributed by atoms with Crippen LogP contribution in [0.3, 0.4) is 0 Å². The molecule has 21 heavy (non-hydrogen) atoms. The standard InChI is InChI=1S/C16H17FN4/c1-2-19-15(12-7-8-18-9-13(12)17)10-21-11-20-14-5-3-4-6-16(14)21/h3-9,11,15,19H,2,10H2,1H3. The lowest BCUT2D eigenvalue weighted by Crippen LogP contribution is -2.26. The van der Waals surface area contributed by atoms with Crippen LogP contribution in [0.1, 0.15) is 18.5 Å². The first-order valence-corrected chi connectivity index (χ1v) is 7.02. The van der Waals surface area contributed by atoms with E-state index in [0.29, 0.717) is 12.1 Å². The summed E-state index contributed by atoms with van der Waals surface area (Å²) in [5, 5.41) is 3.33. The summed E-state index contributed by atoms with van der Waals surface area (Å²) >= 11 is 0. The Morgan fingerprint density at radius 1 is 1.29 bits per heavy atom. The maximum Gasteiger partial charge on any atom is 0.146 e. The van der Waals surface area contributed by atoms with Crippen molar-refractivity contribution >= 4 is 11.0 Å². The zero-order chi connectivity index (χ0) is 14.7. The molecule has 0 aliphatic heterocycles. The SMILES string of the molecule is CCNC(Cn1cnc2ccccc21)c1ccncc1F. The van der Waals surface area contributed by atoms with Gasteiger partial charge in [0.25, 0.3) is 0 Å². The molecule has 0 saturated carbocycles. The lowest BCUT2D eigenvalue weighted by molar-refractivity contribution is 0.457. The first-order chi connectivity index (χ1) is 10.3. The molecule has 0 bridgehead atoms. The van der Waals surface area contributed by atoms with Crippen molar-refractivity contribution in [3.63, 3.8) is 0 Å². The quantitative estimate of drug-likeness (QED) is 0.783. The van der Waals surface area contributed by atoms with Crippen LogP contribution in [0.5, 0.6) is 0 Å². The Bertz CT molecular complexity index is 738. The van der Waals surface area contributed by atoms with E-state index in [2.05, 4.69) is 15.3 Å². The minimum atomic E-state index is -0.284. The zero-order valence-electron chi connectivity index (χ0n) is 11.8. The molecule has 3 rings (SSSR count). The van der Waals surface area contributed by atoms with E-state index >= 15 is 0 Å². The molecule has 1 N–H and O–H groups in total. The first kappa shape index (κ1) is 13.7. The van der Waals surface area contributed by atoms with Gasteiger partial charge in [-0.1, -0.05) is 19.1 Å². The molecule has 0 amide bonds. The fraction of sp³-hybridized carbons (Fsp3) is 0.250. The Morgan fingerprint density at radius 3 is 2.95 bits per heavy atom. The molecule has 0 fully saturated rings. The van der Waals surface area contributed by atoms with Gasteiger partial charge in [0, 0.05) is 18.3 Å². The Balaban J connectivity index is 1.94. The van der Waals surface area contributed by atoms with Crippen LogP contribution < -0.4 is 5.32 Å². The fourth-order valence-corrected chi connectivity index (χ4v) is 2.54. The summed E-state index contributed by atoms with van der Waals surface area (Å²) in [6.45, 7) is 3.40. The number of likely N-dealkylation sites (N-methyl/N-ethyl adjacent to an activating group) is 1. The third-order valence-electron chi connectivity index (χ3n) is 3.54. The van der Waals surface area contributed by atoms with Gasteiger partial charge in [0.1, 0.15) is 5.82 Å². The number of halogens is 1. The summed E-state index contributed by atoms with van der Waals surface area (Å²) < 4.78 is 16.0. The maximum absolute atomic E-state index is 14.0. The number of fused-ring (bicyclic) bond motifs is 1. The highest BCUT2D eigenvalue weighted by Crippen LogP contribution is 2.20. The topological polar surface area (TPSA) is 42.7 Å². The first-order valence-electron chi connectivity index (χ1n) is 7.02. The second-order valence-electron chi connectivity index (χ2n) is 4.89. The van der Waals surface area contributed by atoms with Gasteiger partial charge in [-0.25, -0.2) is 9.37 Å². The number of benzene rings is 1. The lowest BCUT2D eigenvalue weighted by atomic mass is 10.1. The maximum atomic E-state index is 14.0. The van der Waals surface area contributed by atoms with Gasteiger partial charge in [-0.15, -0.1) is 0 Å². The molecule has 0 aliphatic rings. The van der Waals surface area contributed by atoms with E-state index in [4.69, 9.17) is 0 Å². The number of imidazole rings is 1. The third-order valence-corrected chi connectivity index (χ3v) is 3.54. The third kappa shape index (κ3) is 2.78. The summed E-state index contributed by atoms with van der Waals surface area (Å²) in [7, 11) is 0. The Morgan fingerprint density at radius 2 is 2.14 bits per heavy atom. The monoisotopic (exact) mass is 284 g/mol. The van der Waals surface area contributed by atoms with Crippen molar-refractivity contribution in [3.05, 3.63) is 60.4 Å². The highest BCUT2D eigenvalue weighted by Gasteiger charge is 2.16. The van der Waals surface area contributed by atoms with Gasteiger partial charge in [-0.05, 0) is 24.7 Å². The second kappa shape index (κ2) is 6.01. The molecule has 1 aromatic carbocycles. The van der Waals surface area contributed by atoms with Gasteiger partial charge in [0.05, 0.1) is 29.6 Å². The van der Waals surface area contributed by atoms with Crippen molar-refractivity contribution in [2.45, 2.75) is 19.5 Å². The van der Waals surface area contributed by atoms with E-state index in [-0.39, 0.29) is 11.9 Å². The molecule has 0 spiro atoms. The van der Waals surface area contributed by atoms with Crippen molar-refractivity contribution in [1.82, 2.24) is 19.9 Å². The van der Waals surface area contributed by atoms with E-state index in [1.807, 2.05) is 35.8 Å². The molecule has 2 aromatic heterocycles.